The summed E-state index contributed by atoms with van der Waals surface area (Å²) in [6.07, 6.45) is 1.02. The van der Waals surface area contributed by atoms with Gasteiger partial charge in [-0.25, -0.2) is 13.1 Å². The molecule has 1 heterocycles. The third kappa shape index (κ3) is 4.17. The van der Waals surface area contributed by atoms with E-state index in [-0.39, 0.29) is 16.5 Å². The molecule has 1 aliphatic heterocycles. The van der Waals surface area contributed by atoms with Gasteiger partial charge in [0.25, 0.3) is 0 Å². The Balaban J connectivity index is 2.05. The summed E-state index contributed by atoms with van der Waals surface area (Å²) < 4.78 is 27.4. The minimum absolute atomic E-state index is 0.109. The van der Waals surface area contributed by atoms with Crippen LogP contribution in [0.25, 0.3) is 0 Å². The number of nitrogens with two attached hydrogens (primary N) is 1. The number of nitrogens with one attached hydrogen (secondary N) is 1. The lowest BCUT2D eigenvalue weighted by Gasteiger charge is -2.14. The van der Waals surface area contributed by atoms with Crippen LogP contribution in [0.2, 0.25) is 5.02 Å². The van der Waals surface area contributed by atoms with E-state index < -0.39 is 10.0 Å². The number of rotatable bonds is 6. The summed E-state index contributed by atoms with van der Waals surface area (Å²) in [6.45, 7) is 5.83. The highest BCUT2D eigenvalue weighted by atomic mass is 35.5. The van der Waals surface area contributed by atoms with E-state index in [4.69, 9.17) is 17.3 Å². The lowest BCUT2D eigenvalue weighted by atomic mass is 10.1. The third-order valence-electron chi connectivity index (χ3n) is 3.90. The van der Waals surface area contributed by atoms with E-state index in [9.17, 15) is 8.42 Å². The molecule has 7 heteroatoms. The molecule has 118 valence electrons. The second kappa shape index (κ2) is 7.07. The highest BCUT2D eigenvalue weighted by Gasteiger charge is 2.24. The van der Waals surface area contributed by atoms with Crippen LogP contribution in [0.15, 0.2) is 23.1 Å². The molecule has 0 aromatic heterocycles. The van der Waals surface area contributed by atoms with Crippen molar-refractivity contribution in [1.82, 2.24) is 9.62 Å². The molecule has 1 aromatic carbocycles. The van der Waals surface area contributed by atoms with Crippen molar-refractivity contribution in [3.05, 3.63) is 28.8 Å². The minimum atomic E-state index is -3.59. The first kappa shape index (κ1) is 16.7. The molecule has 0 bridgehead atoms. The fraction of sp³-hybridized carbons (Fsp3) is 0.571. The van der Waals surface area contributed by atoms with Crippen LogP contribution in [0.4, 0.5) is 0 Å². The molecule has 1 aromatic rings. The fourth-order valence-corrected chi connectivity index (χ4v) is 4.22. The van der Waals surface area contributed by atoms with E-state index in [1.54, 1.807) is 12.1 Å². The van der Waals surface area contributed by atoms with Crippen molar-refractivity contribution < 1.29 is 8.42 Å². The van der Waals surface area contributed by atoms with Gasteiger partial charge in [0, 0.05) is 19.6 Å². The summed E-state index contributed by atoms with van der Waals surface area (Å²) in [6, 6.07) is 4.85. The molecule has 0 aliphatic carbocycles. The maximum atomic E-state index is 12.4. The molecule has 2 rings (SSSR count). The van der Waals surface area contributed by atoms with Crippen LogP contribution >= 0.6 is 11.6 Å². The van der Waals surface area contributed by atoms with Gasteiger partial charge >= 0.3 is 0 Å². The molecular weight excluding hydrogens is 310 g/mol. The van der Waals surface area contributed by atoms with E-state index in [0.717, 1.165) is 31.6 Å². The minimum Gasteiger partial charge on any atom is -0.326 e. The summed E-state index contributed by atoms with van der Waals surface area (Å²) in [4.78, 5) is 2.43. The van der Waals surface area contributed by atoms with E-state index in [2.05, 4.69) is 16.5 Å². The lowest BCUT2D eigenvalue weighted by molar-refractivity contribution is 0.342. The zero-order chi connectivity index (χ0) is 15.5. The fourth-order valence-electron chi connectivity index (χ4n) is 2.55. The predicted octanol–water partition coefficient (Wildman–Crippen LogP) is 1.42. The zero-order valence-electron chi connectivity index (χ0n) is 12.2. The van der Waals surface area contributed by atoms with Gasteiger partial charge in [-0.1, -0.05) is 24.6 Å². The molecule has 1 saturated heterocycles. The van der Waals surface area contributed by atoms with Crippen LogP contribution in [0.3, 0.4) is 0 Å². The number of sulfonamides is 1. The largest absolute Gasteiger partial charge is 0.326 e. The van der Waals surface area contributed by atoms with Crippen LogP contribution in [-0.2, 0) is 16.6 Å². The Labute approximate surface area is 131 Å². The predicted molar refractivity (Wildman–Crippen MR) is 84.8 cm³/mol. The maximum absolute atomic E-state index is 12.4. The summed E-state index contributed by atoms with van der Waals surface area (Å²) in [7, 11) is -3.59. The van der Waals surface area contributed by atoms with Gasteiger partial charge in [-0.2, -0.15) is 0 Å². The van der Waals surface area contributed by atoms with Crippen molar-refractivity contribution in [3.8, 4) is 0 Å². The van der Waals surface area contributed by atoms with Crippen molar-refractivity contribution in [2.45, 2.75) is 24.8 Å². The summed E-state index contributed by atoms with van der Waals surface area (Å²) in [5.74, 6) is 0.358. The normalized spacial score (nSPS) is 20.0. The first-order valence-corrected chi connectivity index (χ1v) is 9.03. The van der Waals surface area contributed by atoms with Crippen LogP contribution in [-0.4, -0.2) is 39.5 Å². The van der Waals surface area contributed by atoms with Gasteiger partial charge in [0.05, 0.1) is 5.02 Å². The third-order valence-corrected chi connectivity index (χ3v) is 5.81. The SMILES string of the molecule is CCN1CCC(CNS(=O)(=O)c2cc(CN)ccc2Cl)C1. The van der Waals surface area contributed by atoms with Crippen molar-refractivity contribution in [2.24, 2.45) is 11.7 Å². The Morgan fingerprint density at radius 3 is 2.86 bits per heavy atom. The Bertz CT molecular complexity index is 592. The van der Waals surface area contributed by atoms with Crippen LogP contribution < -0.4 is 10.5 Å². The van der Waals surface area contributed by atoms with Crippen molar-refractivity contribution in [1.29, 1.82) is 0 Å². The molecular formula is C14H22ClN3O2S. The quantitative estimate of drug-likeness (QED) is 0.826. The van der Waals surface area contributed by atoms with Gasteiger partial charge < -0.3 is 10.6 Å². The molecule has 3 N–H and O–H groups in total. The lowest BCUT2D eigenvalue weighted by Crippen LogP contribution is -2.31. The first-order chi connectivity index (χ1) is 9.96. The highest BCUT2D eigenvalue weighted by molar-refractivity contribution is 7.89. The average molecular weight is 332 g/mol. The summed E-state index contributed by atoms with van der Waals surface area (Å²) in [5, 5.41) is 0.223. The smallest absolute Gasteiger partial charge is 0.242 e. The molecule has 0 saturated carbocycles. The second-order valence-electron chi connectivity index (χ2n) is 5.37. The molecule has 1 unspecified atom stereocenters. The van der Waals surface area contributed by atoms with Gasteiger partial charge in [-0.15, -0.1) is 0 Å². The van der Waals surface area contributed by atoms with Gasteiger partial charge in [-0.3, -0.25) is 0 Å². The summed E-state index contributed by atoms with van der Waals surface area (Å²) >= 11 is 6.01. The van der Waals surface area contributed by atoms with E-state index in [1.807, 2.05) is 0 Å². The van der Waals surface area contributed by atoms with E-state index >= 15 is 0 Å². The number of benzene rings is 1. The number of nitrogens with zero attached hydrogens (tertiary/aromatic N) is 1. The molecule has 1 fully saturated rings. The highest BCUT2D eigenvalue weighted by Crippen LogP contribution is 2.23. The van der Waals surface area contributed by atoms with E-state index in [0.29, 0.717) is 12.5 Å². The first-order valence-electron chi connectivity index (χ1n) is 7.16. The molecule has 0 spiro atoms. The summed E-state index contributed by atoms with van der Waals surface area (Å²) in [5.41, 5.74) is 6.30. The average Bonchev–Trinajstić information content (AvgIpc) is 2.94. The van der Waals surface area contributed by atoms with Crippen LogP contribution in [0, 0.1) is 5.92 Å². The Kier molecular flexibility index (Phi) is 5.62. The number of likely N-dealkylation sites (tertiary alicyclic amines) is 1. The molecule has 1 atom stereocenters. The van der Waals surface area contributed by atoms with Gasteiger partial charge in [0.15, 0.2) is 0 Å². The molecule has 0 amide bonds. The van der Waals surface area contributed by atoms with Crippen LogP contribution in [0.1, 0.15) is 18.9 Å². The Morgan fingerprint density at radius 1 is 1.48 bits per heavy atom. The maximum Gasteiger partial charge on any atom is 0.242 e. The Morgan fingerprint density at radius 2 is 2.24 bits per heavy atom. The van der Waals surface area contributed by atoms with Gasteiger partial charge in [-0.05, 0) is 43.1 Å². The van der Waals surface area contributed by atoms with Gasteiger partial charge in [0.1, 0.15) is 4.90 Å². The molecule has 1 aliphatic rings. The number of hydrogen-bond donors (Lipinski definition) is 2. The second-order valence-corrected chi connectivity index (χ2v) is 7.51. The number of hydrogen-bond acceptors (Lipinski definition) is 4. The molecule has 5 nitrogen and oxygen atoms in total. The molecule has 21 heavy (non-hydrogen) atoms. The van der Waals surface area contributed by atoms with Crippen molar-refractivity contribution in [2.75, 3.05) is 26.2 Å². The molecule has 0 radical (unpaired) electrons. The Hall–Kier alpha value is -0.660. The van der Waals surface area contributed by atoms with Gasteiger partial charge in [0.2, 0.25) is 10.0 Å². The van der Waals surface area contributed by atoms with Crippen LogP contribution in [0.5, 0.6) is 0 Å². The van der Waals surface area contributed by atoms with Crippen molar-refractivity contribution in [3.63, 3.8) is 0 Å². The standard InChI is InChI=1S/C14H22ClN3O2S/c1-2-18-6-5-12(10-18)9-17-21(19,20)14-7-11(8-16)3-4-13(14)15/h3-4,7,12,17H,2,5-6,8-10,16H2,1H3. The topological polar surface area (TPSA) is 75.4 Å². The zero-order valence-corrected chi connectivity index (χ0v) is 13.8. The van der Waals surface area contributed by atoms with Crippen molar-refractivity contribution >= 4 is 21.6 Å². The van der Waals surface area contributed by atoms with E-state index in [1.165, 1.54) is 6.07 Å². The number of halogens is 1. The monoisotopic (exact) mass is 331 g/mol.